The van der Waals surface area contributed by atoms with E-state index >= 15 is 0 Å². The van der Waals surface area contributed by atoms with E-state index in [1.807, 2.05) is 80.6 Å². The molecule has 0 unspecified atom stereocenters. The van der Waals surface area contributed by atoms with Gasteiger partial charge < -0.3 is 29.8 Å². The van der Waals surface area contributed by atoms with E-state index in [1.165, 1.54) is 0 Å². The van der Waals surface area contributed by atoms with E-state index in [-0.39, 0.29) is 12.3 Å². The second kappa shape index (κ2) is 13.5. The van der Waals surface area contributed by atoms with Crippen molar-refractivity contribution >= 4 is 23.9 Å². The Kier molecular flexibility index (Phi) is 10.1. The second-order valence-electron chi connectivity index (χ2n) is 9.57. The fourth-order valence-electron chi connectivity index (χ4n) is 3.89. The maximum atomic E-state index is 12.5. The molecule has 0 aromatic heterocycles. The van der Waals surface area contributed by atoms with Crippen LogP contribution in [0.15, 0.2) is 66.7 Å². The number of carboxylic acids is 1. The number of ether oxygens (including phenoxy) is 4. The summed E-state index contributed by atoms with van der Waals surface area (Å²) in [6, 6.07) is 20.4. The summed E-state index contributed by atoms with van der Waals surface area (Å²) >= 11 is 0. The summed E-state index contributed by atoms with van der Waals surface area (Å²) in [7, 11) is 3.24. The van der Waals surface area contributed by atoms with Crippen LogP contribution in [-0.4, -0.2) is 43.2 Å². The van der Waals surface area contributed by atoms with Crippen LogP contribution in [0.4, 0.5) is 0 Å². The summed E-state index contributed by atoms with van der Waals surface area (Å²) < 4.78 is 22.1. The van der Waals surface area contributed by atoms with Crippen LogP contribution in [0, 0.1) is 5.92 Å². The molecule has 8 heteroatoms. The number of carbonyl (C=O) groups excluding carboxylic acids is 1. The van der Waals surface area contributed by atoms with E-state index in [0.717, 1.165) is 22.4 Å². The average molecular weight is 534 g/mol. The molecule has 39 heavy (non-hydrogen) atoms. The quantitative estimate of drug-likeness (QED) is 0.214. The Morgan fingerprint density at radius 3 is 2.00 bits per heavy atom. The fraction of sp³-hybridized carbons (Fsp3) is 0.290. The smallest absolute Gasteiger partial charge is 0.331 e. The highest BCUT2D eigenvalue weighted by molar-refractivity contribution is 6.08. The number of hydrogen-bond donors (Lipinski definition) is 2. The SMILES string of the molecule is COc1ccc(C=Cc2cc(OC)cc(OCc3ccc(OCC(=O)[C@](N)(CC(C)C)C(=O)O)cc3)c2)cc1. The van der Waals surface area contributed by atoms with Gasteiger partial charge in [0.25, 0.3) is 0 Å². The molecule has 0 aliphatic carbocycles. The number of carboxylic acid groups (broad SMARTS) is 1. The van der Waals surface area contributed by atoms with Crippen molar-refractivity contribution < 1.29 is 33.6 Å². The molecule has 0 saturated heterocycles. The molecule has 0 aliphatic heterocycles. The highest BCUT2D eigenvalue weighted by Gasteiger charge is 2.42. The van der Waals surface area contributed by atoms with Gasteiger partial charge in [-0.05, 0) is 65.4 Å². The predicted octanol–water partition coefficient (Wildman–Crippen LogP) is 5.23. The largest absolute Gasteiger partial charge is 0.497 e. The molecule has 3 rings (SSSR count). The molecule has 0 radical (unpaired) electrons. The lowest BCUT2D eigenvalue weighted by Gasteiger charge is -2.25. The molecule has 0 fully saturated rings. The topological polar surface area (TPSA) is 117 Å². The summed E-state index contributed by atoms with van der Waals surface area (Å²) in [5, 5.41) is 9.46. The number of aliphatic carboxylic acids is 1. The summed E-state index contributed by atoms with van der Waals surface area (Å²) in [5.74, 6) is 0.462. The Labute approximate surface area is 229 Å². The Balaban J connectivity index is 1.60. The Morgan fingerprint density at radius 1 is 0.821 bits per heavy atom. The van der Waals surface area contributed by atoms with Gasteiger partial charge in [-0.1, -0.05) is 50.3 Å². The van der Waals surface area contributed by atoms with E-state index in [0.29, 0.717) is 23.9 Å². The van der Waals surface area contributed by atoms with Gasteiger partial charge in [0, 0.05) is 6.07 Å². The standard InChI is InChI=1S/C31H35NO7/c1-21(2)18-31(32,30(34)35)29(33)20-39-26-13-9-23(10-14-26)19-38-28-16-24(15-27(17-28)37-4)6-5-22-7-11-25(36-3)12-8-22/h5-17,21H,18-20,32H2,1-4H3,(H,34,35)/t31-/m1/s1. The number of benzene rings is 3. The maximum absolute atomic E-state index is 12.5. The number of methoxy groups -OCH3 is 2. The number of ketones is 1. The van der Waals surface area contributed by atoms with Crippen molar-refractivity contribution in [3.05, 3.63) is 83.4 Å². The van der Waals surface area contributed by atoms with Crippen LogP contribution >= 0.6 is 0 Å². The van der Waals surface area contributed by atoms with Crippen LogP contribution < -0.4 is 24.7 Å². The van der Waals surface area contributed by atoms with Crippen molar-refractivity contribution in [2.75, 3.05) is 20.8 Å². The Bertz CT molecular complexity index is 1280. The van der Waals surface area contributed by atoms with Crippen molar-refractivity contribution in [3.8, 4) is 23.0 Å². The minimum Gasteiger partial charge on any atom is -0.497 e. The molecule has 3 N–H and O–H groups in total. The normalized spacial score (nSPS) is 12.7. The monoisotopic (exact) mass is 533 g/mol. The molecule has 0 amide bonds. The number of nitrogens with two attached hydrogens (primary N) is 1. The molecular weight excluding hydrogens is 498 g/mol. The summed E-state index contributed by atoms with van der Waals surface area (Å²) in [6.07, 6.45) is 4.01. The van der Waals surface area contributed by atoms with Gasteiger partial charge in [0.1, 0.15) is 36.2 Å². The highest BCUT2D eigenvalue weighted by atomic mass is 16.5. The van der Waals surface area contributed by atoms with Crippen LogP contribution in [-0.2, 0) is 16.2 Å². The van der Waals surface area contributed by atoms with Gasteiger partial charge in [-0.15, -0.1) is 0 Å². The first-order valence-electron chi connectivity index (χ1n) is 12.5. The van der Waals surface area contributed by atoms with Gasteiger partial charge in [0.05, 0.1) is 14.2 Å². The van der Waals surface area contributed by atoms with Crippen molar-refractivity contribution in [2.45, 2.75) is 32.4 Å². The first-order valence-corrected chi connectivity index (χ1v) is 12.5. The third kappa shape index (κ3) is 8.35. The highest BCUT2D eigenvalue weighted by Crippen LogP contribution is 2.26. The second-order valence-corrected chi connectivity index (χ2v) is 9.57. The Morgan fingerprint density at radius 2 is 1.41 bits per heavy atom. The molecule has 0 spiro atoms. The average Bonchev–Trinajstić information content (AvgIpc) is 2.93. The number of Topliss-reactive ketones (excluding diaryl/α,β-unsaturated/α-hetero) is 1. The minimum absolute atomic E-state index is 0.0318. The van der Waals surface area contributed by atoms with E-state index in [9.17, 15) is 14.7 Å². The Hall–Kier alpha value is -4.30. The molecule has 0 heterocycles. The molecule has 3 aromatic carbocycles. The number of hydrogen-bond acceptors (Lipinski definition) is 7. The van der Waals surface area contributed by atoms with Crippen molar-refractivity contribution in [3.63, 3.8) is 0 Å². The number of rotatable bonds is 14. The van der Waals surface area contributed by atoms with Crippen LogP contribution in [0.3, 0.4) is 0 Å². The van der Waals surface area contributed by atoms with Crippen molar-refractivity contribution in [1.29, 1.82) is 0 Å². The molecule has 206 valence electrons. The molecule has 1 atom stereocenters. The van der Waals surface area contributed by atoms with Gasteiger partial charge in [0.2, 0.25) is 5.78 Å². The lowest BCUT2D eigenvalue weighted by atomic mass is 9.86. The molecule has 0 aliphatic rings. The van der Waals surface area contributed by atoms with E-state index in [2.05, 4.69) is 0 Å². The maximum Gasteiger partial charge on any atom is 0.331 e. The van der Waals surface area contributed by atoms with Gasteiger partial charge in [-0.3, -0.25) is 4.79 Å². The zero-order valence-electron chi connectivity index (χ0n) is 22.7. The molecule has 0 bridgehead atoms. The first kappa shape index (κ1) is 29.3. The van der Waals surface area contributed by atoms with Gasteiger partial charge >= 0.3 is 5.97 Å². The molecular formula is C31H35NO7. The van der Waals surface area contributed by atoms with Crippen molar-refractivity contribution in [1.82, 2.24) is 0 Å². The summed E-state index contributed by atoms with van der Waals surface area (Å²) in [4.78, 5) is 24.1. The minimum atomic E-state index is -1.97. The van der Waals surface area contributed by atoms with E-state index < -0.39 is 23.9 Å². The van der Waals surface area contributed by atoms with Gasteiger partial charge in [0.15, 0.2) is 5.54 Å². The lowest BCUT2D eigenvalue weighted by molar-refractivity contribution is -0.149. The predicted molar refractivity (Wildman–Crippen MR) is 150 cm³/mol. The zero-order chi connectivity index (χ0) is 28.4. The molecule has 0 saturated carbocycles. The van der Waals surface area contributed by atoms with Crippen LogP contribution in [0.25, 0.3) is 12.2 Å². The van der Waals surface area contributed by atoms with Gasteiger partial charge in [-0.2, -0.15) is 0 Å². The summed E-state index contributed by atoms with van der Waals surface area (Å²) in [6.45, 7) is 3.49. The molecule has 3 aromatic rings. The van der Waals surface area contributed by atoms with Gasteiger partial charge in [-0.25, -0.2) is 4.79 Å². The van der Waals surface area contributed by atoms with Crippen LogP contribution in [0.5, 0.6) is 23.0 Å². The molecule has 8 nitrogen and oxygen atoms in total. The van der Waals surface area contributed by atoms with Crippen LogP contribution in [0.2, 0.25) is 0 Å². The van der Waals surface area contributed by atoms with Crippen molar-refractivity contribution in [2.24, 2.45) is 11.7 Å². The first-order chi connectivity index (χ1) is 18.6. The number of carbonyl (C=O) groups is 2. The fourth-order valence-corrected chi connectivity index (χ4v) is 3.89. The third-order valence-corrected chi connectivity index (χ3v) is 6.03. The zero-order valence-corrected chi connectivity index (χ0v) is 22.7. The lowest BCUT2D eigenvalue weighted by Crippen LogP contribution is -2.57. The summed E-state index contributed by atoms with van der Waals surface area (Å²) in [5.41, 5.74) is 6.76. The van der Waals surface area contributed by atoms with Crippen LogP contribution in [0.1, 0.15) is 37.0 Å². The third-order valence-electron chi connectivity index (χ3n) is 6.03. The van der Waals surface area contributed by atoms with E-state index in [1.54, 1.807) is 26.4 Å². The van der Waals surface area contributed by atoms with E-state index in [4.69, 9.17) is 24.7 Å².